The molecule has 0 unspecified atom stereocenters. The van der Waals surface area contributed by atoms with Gasteiger partial charge in [-0.2, -0.15) is 5.26 Å². The molecule has 10 heteroatoms. The van der Waals surface area contributed by atoms with Crippen molar-refractivity contribution in [2.75, 3.05) is 31.4 Å². The average Bonchev–Trinajstić information content (AvgIpc) is 2.83. The average molecular weight is 532 g/mol. The van der Waals surface area contributed by atoms with Crippen molar-refractivity contribution in [3.05, 3.63) is 86.0 Å². The maximum atomic E-state index is 13.0. The second kappa shape index (κ2) is 12.7. The van der Waals surface area contributed by atoms with Gasteiger partial charge in [0.05, 0.1) is 40.5 Å². The third kappa shape index (κ3) is 7.03. The highest BCUT2D eigenvalue weighted by Crippen LogP contribution is 2.41. The maximum Gasteiger partial charge on any atom is 0.336 e. The molecule has 0 aliphatic carbocycles. The van der Waals surface area contributed by atoms with Gasteiger partial charge in [0.15, 0.2) is 0 Å². The number of anilines is 1. The monoisotopic (exact) mass is 531 g/mol. The number of hydrogen-bond acceptors (Lipinski definition) is 7. The summed E-state index contributed by atoms with van der Waals surface area (Å²) in [6.07, 6.45) is 0. The number of rotatable bonds is 9. The van der Waals surface area contributed by atoms with Gasteiger partial charge in [0, 0.05) is 28.5 Å². The van der Waals surface area contributed by atoms with E-state index < -0.39 is 11.9 Å². The van der Waals surface area contributed by atoms with Crippen LogP contribution in [0.5, 0.6) is 0 Å². The van der Waals surface area contributed by atoms with E-state index in [1.807, 2.05) is 0 Å². The molecule has 2 aromatic rings. The first-order valence-corrected chi connectivity index (χ1v) is 12.3. The smallest absolute Gasteiger partial charge is 0.336 e. The summed E-state index contributed by atoms with van der Waals surface area (Å²) in [5, 5.41) is 17.5. The highest BCUT2D eigenvalue weighted by molar-refractivity contribution is 8.03. The number of hydrogen-bond donors (Lipinski definition) is 2. The molecule has 1 atom stereocenters. The lowest BCUT2D eigenvalue weighted by molar-refractivity contribution is -0.140. The topological polar surface area (TPSA) is 100 Å². The van der Waals surface area contributed by atoms with Crippen molar-refractivity contribution in [3.8, 4) is 6.07 Å². The summed E-state index contributed by atoms with van der Waals surface area (Å²) in [4.78, 5) is 25.5. The molecule has 1 amide bonds. The fourth-order valence-corrected chi connectivity index (χ4v) is 4.69. The van der Waals surface area contributed by atoms with Gasteiger partial charge in [-0.1, -0.05) is 53.2 Å². The van der Waals surface area contributed by atoms with Crippen LogP contribution in [-0.2, 0) is 19.1 Å². The number of amides is 1. The number of ether oxygens (including phenoxy) is 2. The van der Waals surface area contributed by atoms with Crippen LogP contribution in [0.25, 0.3) is 0 Å². The fourth-order valence-electron chi connectivity index (χ4n) is 3.48. The molecule has 0 saturated heterocycles. The highest BCUT2D eigenvalue weighted by Gasteiger charge is 2.35. The van der Waals surface area contributed by atoms with Crippen LogP contribution in [0.3, 0.4) is 0 Å². The zero-order valence-electron chi connectivity index (χ0n) is 19.1. The first-order chi connectivity index (χ1) is 16.8. The minimum atomic E-state index is -0.688. The van der Waals surface area contributed by atoms with E-state index in [9.17, 15) is 14.9 Å². The van der Waals surface area contributed by atoms with Crippen molar-refractivity contribution in [2.45, 2.75) is 12.8 Å². The number of carbonyl (C=O) groups excluding carboxylic acids is 2. The summed E-state index contributed by atoms with van der Waals surface area (Å²) in [5.74, 6) is -1.47. The lowest BCUT2D eigenvalue weighted by Gasteiger charge is -2.29. The first kappa shape index (κ1) is 26.6. The van der Waals surface area contributed by atoms with E-state index in [2.05, 4.69) is 16.7 Å². The van der Waals surface area contributed by atoms with Crippen molar-refractivity contribution in [1.29, 1.82) is 5.26 Å². The molecule has 2 N–H and O–H groups in total. The molecule has 0 fully saturated rings. The van der Waals surface area contributed by atoms with Crippen LogP contribution >= 0.6 is 35.0 Å². The Balaban J connectivity index is 1.87. The Morgan fingerprint density at radius 1 is 1.14 bits per heavy atom. The Kier molecular flexibility index (Phi) is 9.64. The second-order valence-corrected chi connectivity index (χ2v) is 9.34. The molecular formula is C25H23Cl2N3O4S. The number of nitriles is 1. The van der Waals surface area contributed by atoms with Gasteiger partial charge in [-0.15, -0.1) is 0 Å². The van der Waals surface area contributed by atoms with Crippen molar-refractivity contribution in [3.63, 3.8) is 0 Å². The Morgan fingerprint density at radius 3 is 2.54 bits per heavy atom. The molecule has 0 saturated carbocycles. The largest absolute Gasteiger partial charge is 0.460 e. The summed E-state index contributed by atoms with van der Waals surface area (Å²) in [7, 11) is 1.51. The van der Waals surface area contributed by atoms with E-state index in [1.165, 1.54) is 18.9 Å². The molecule has 0 bridgehead atoms. The number of halogens is 2. The fraction of sp³-hybridized carbons (Fsp3) is 0.240. The molecule has 2 aromatic carbocycles. The van der Waals surface area contributed by atoms with Crippen LogP contribution in [0.15, 0.2) is 70.4 Å². The Labute approximate surface area is 218 Å². The first-order valence-electron chi connectivity index (χ1n) is 10.6. The van der Waals surface area contributed by atoms with Crippen LogP contribution in [0, 0.1) is 11.3 Å². The maximum absolute atomic E-state index is 13.0. The number of thioether (sulfide) groups is 1. The van der Waals surface area contributed by atoms with Crippen molar-refractivity contribution >= 4 is 52.5 Å². The predicted octanol–water partition coefficient (Wildman–Crippen LogP) is 5.25. The van der Waals surface area contributed by atoms with Crippen LogP contribution in [0.2, 0.25) is 10.0 Å². The van der Waals surface area contributed by atoms with Crippen molar-refractivity contribution < 1.29 is 19.1 Å². The molecule has 35 heavy (non-hydrogen) atoms. The normalized spacial score (nSPS) is 15.3. The summed E-state index contributed by atoms with van der Waals surface area (Å²) in [5.41, 5.74) is 2.42. The standard InChI is InChI=1S/C25H23Cl2N3O4S/c1-15-22(25(32)34-11-10-33-2)23(16-6-8-17(26)9-7-16)20(13-28)24(29-15)35-14-21(31)30-19-5-3-4-18(27)12-19/h3-9,12,23,29H,10-11,14H2,1-2H3,(H,30,31)/t23-/m1/s1. The molecule has 0 spiro atoms. The second-order valence-electron chi connectivity index (χ2n) is 7.48. The number of methoxy groups -OCH3 is 1. The van der Waals surface area contributed by atoms with E-state index >= 15 is 0 Å². The van der Waals surface area contributed by atoms with Gasteiger partial charge < -0.3 is 20.1 Å². The molecule has 1 heterocycles. The minimum Gasteiger partial charge on any atom is -0.460 e. The minimum absolute atomic E-state index is 0.0360. The zero-order valence-corrected chi connectivity index (χ0v) is 21.4. The van der Waals surface area contributed by atoms with Gasteiger partial charge in [0.25, 0.3) is 0 Å². The van der Waals surface area contributed by atoms with Crippen LogP contribution < -0.4 is 10.6 Å². The number of dihydropyridines is 1. The lowest BCUT2D eigenvalue weighted by Crippen LogP contribution is -2.29. The van der Waals surface area contributed by atoms with Crippen molar-refractivity contribution in [2.24, 2.45) is 0 Å². The highest BCUT2D eigenvalue weighted by atomic mass is 35.5. The molecular weight excluding hydrogens is 509 g/mol. The van der Waals surface area contributed by atoms with Gasteiger partial charge in [0.1, 0.15) is 6.61 Å². The molecule has 0 aromatic heterocycles. The van der Waals surface area contributed by atoms with Gasteiger partial charge >= 0.3 is 5.97 Å². The van der Waals surface area contributed by atoms with Crippen LogP contribution in [0.1, 0.15) is 18.4 Å². The number of esters is 1. The molecule has 3 rings (SSSR count). The summed E-state index contributed by atoms with van der Waals surface area (Å²) >= 11 is 13.2. The zero-order chi connectivity index (χ0) is 25.4. The van der Waals surface area contributed by atoms with Gasteiger partial charge in [-0.25, -0.2) is 4.79 Å². The number of allylic oxidation sites excluding steroid dienone is 2. The molecule has 182 valence electrons. The Bertz CT molecular complexity index is 1210. The summed E-state index contributed by atoms with van der Waals surface area (Å²) < 4.78 is 10.3. The third-order valence-corrected chi connectivity index (χ3v) is 6.55. The van der Waals surface area contributed by atoms with Gasteiger partial charge in [-0.3, -0.25) is 4.79 Å². The van der Waals surface area contributed by atoms with Crippen LogP contribution in [-0.4, -0.2) is 38.0 Å². The van der Waals surface area contributed by atoms with E-state index in [1.54, 1.807) is 55.5 Å². The molecule has 1 aliphatic heterocycles. The van der Waals surface area contributed by atoms with Gasteiger partial charge in [-0.05, 0) is 42.8 Å². The van der Waals surface area contributed by atoms with Crippen molar-refractivity contribution in [1.82, 2.24) is 5.32 Å². The van der Waals surface area contributed by atoms with E-state index in [0.29, 0.717) is 43.2 Å². The number of nitrogens with zero attached hydrogens (tertiary/aromatic N) is 1. The van der Waals surface area contributed by atoms with E-state index in [0.717, 1.165) is 0 Å². The molecule has 7 nitrogen and oxygen atoms in total. The number of nitrogens with one attached hydrogen (secondary N) is 2. The predicted molar refractivity (Wildman–Crippen MR) is 138 cm³/mol. The lowest BCUT2D eigenvalue weighted by atomic mass is 9.82. The molecule has 0 radical (unpaired) electrons. The quantitative estimate of drug-likeness (QED) is 0.336. The van der Waals surface area contributed by atoms with Crippen LogP contribution in [0.4, 0.5) is 5.69 Å². The molecule has 1 aliphatic rings. The number of benzene rings is 2. The SMILES string of the molecule is COCCOC(=O)C1=C(C)NC(SCC(=O)Nc2cccc(Cl)c2)=C(C#N)[C@H]1c1ccc(Cl)cc1. The third-order valence-electron chi connectivity index (χ3n) is 5.05. The Morgan fingerprint density at radius 2 is 1.89 bits per heavy atom. The Hall–Kier alpha value is -2.96. The summed E-state index contributed by atoms with van der Waals surface area (Å²) in [6, 6.07) is 16.0. The van der Waals surface area contributed by atoms with Gasteiger partial charge in [0.2, 0.25) is 5.91 Å². The van der Waals surface area contributed by atoms with E-state index in [4.69, 9.17) is 32.7 Å². The summed E-state index contributed by atoms with van der Waals surface area (Å²) in [6.45, 7) is 2.06. The number of carbonyl (C=O) groups is 2. The van der Waals surface area contributed by atoms with E-state index in [-0.39, 0.29) is 24.9 Å².